The molecule has 0 bridgehead atoms. The van der Waals surface area contributed by atoms with Crippen molar-refractivity contribution in [3.05, 3.63) is 38.4 Å². The van der Waals surface area contributed by atoms with Crippen molar-refractivity contribution in [3.63, 3.8) is 0 Å². The first-order chi connectivity index (χ1) is 9.20. The van der Waals surface area contributed by atoms with Gasteiger partial charge in [-0.1, -0.05) is 40.9 Å². The Bertz CT molecular complexity index is 636. The Labute approximate surface area is 127 Å². The maximum absolute atomic E-state index is 6.67. The average molecular weight is 339 g/mol. The molecule has 2 aromatic rings. The molecule has 100 valence electrons. The summed E-state index contributed by atoms with van der Waals surface area (Å²) in [5, 5.41) is 2.03. The van der Waals surface area contributed by atoms with Crippen molar-refractivity contribution in [1.29, 1.82) is 0 Å². The molecule has 0 unspecified atom stereocenters. The van der Waals surface area contributed by atoms with Crippen LogP contribution in [0.25, 0.3) is 10.9 Å². The van der Waals surface area contributed by atoms with Crippen LogP contribution in [0.1, 0.15) is 43.0 Å². The highest BCUT2D eigenvalue weighted by Gasteiger charge is 2.17. The molecule has 1 aromatic carbocycles. The van der Waals surface area contributed by atoms with Crippen LogP contribution in [-0.2, 0) is 19.3 Å². The van der Waals surface area contributed by atoms with E-state index in [1.807, 2.05) is 0 Å². The van der Waals surface area contributed by atoms with Crippen molar-refractivity contribution in [1.82, 2.24) is 4.98 Å². The monoisotopic (exact) mass is 337 g/mol. The average Bonchev–Trinajstić information content (AvgIpc) is 2.64. The largest absolute Gasteiger partial charge is 0.252 e. The predicted octanol–water partition coefficient (Wildman–Crippen LogP) is 5.48. The van der Waals surface area contributed by atoms with Gasteiger partial charge in [-0.2, -0.15) is 0 Å². The fourth-order valence-corrected chi connectivity index (χ4v) is 3.80. The molecule has 1 heterocycles. The maximum Gasteiger partial charge on any atom is 0.0753 e. The van der Waals surface area contributed by atoms with Gasteiger partial charge >= 0.3 is 0 Å². The van der Waals surface area contributed by atoms with E-state index in [1.165, 1.54) is 36.1 Å². The van der Waals surface area contributed by atoms with Crippen LogP contribution in [-0.4, -0.2) is 4.98 Å². The number of aryl methyl sites for hydroxylation is 2. The first-order valence-corrected chi connectivity index (χ1v) is 8.17. The number of rotatable bonds is 1. The van der Waals surface area contributed by atoms with Crippen molar-refractivity contribution in [2.75, 3.05) is 0 Å². The molecule has 0 radical (unpaired) electrons. The van der Waals surface area contributed by atoms with E-state index in [1.54, 1.807) is 0 Å². The molecule has 0 spiro atoms. The van der Waals surface area contributed by atoms with Crippen molar-refractivity contribution in [3.8, 4) is 0 Å². The van der Waals surface area contributed by atoms with Gasteiger partial charge in [-0.15, -0.1) is 0 Å². The summed E-state index contributed by atoms with van der Waals surface area (Å²) in [5.74, 6) is 0. The number of halogens is 2. The quantitative estimate of drug-likeness (QED) is 0.627. The molecule has 3 rings (SSSR count). The lowest BCUT2D eigenvalue weighted by Crippen LogP contribution is -2.00. The minimum absolute atomic E-state index is 0.929. The van der Waals surface area contributed by atoms with Gasteiger partial charge in [0.05, 0.1) is 10.5 Å². The van der Waals surface area contributed by atoms with Crippen molar-refractivity contribution in [2.45, 2.75) is 45.4 Å². The fourth-order valence-electron chi connectivity index (χ4n) is 2.95. The van der Waals surface area contributed by atoms with E-state index < -0.39 is 0 Å². The molecule has 1 aliphatic rings. The summed E-state index contributed by atoms with van der Waals surface area (Å²) in [4.78, 5) is 4.94. The number of aromatic nitrogens is 1. The van der Waals surface area contributed by atoms with E-state index in [0.29, 0.717) is 0 Å². The molecule has 0 aliphatic heterocycles. The molecule has 1 aromatic heterocycles. The minimum atomic E-state index is 0.929. The normalized spacial score (nSPS) is 15.3. The van der Waals surface area contributed by atoms with Crippen LogP contribution in [0.4, 0.5) is 0 Å². The summed E-state index contributed by atoms with van der Waals surface area (Å²) >= 11 is 10.3. The summed E-state index contributed by atoms with van der Waals surface area (Å²) in [7, 11) is 0. The third-order valence-electron chi connectivity index (χ3n) is 3.97. The van der Waals surface area contributed by atoms with E-state index in [9.17, 15) is 0 Å². The molecule has 3 heteroatoms. The number of benzene rings is 1. The Morgan fingerprint density at radius 3 is 2.79 bits per heavy atom. The maximum atomic E-state index is 6.67. The zero-order valence-corrected chi connectivity index (χ0v) is 13.4. The van der Waals surface area contributed by atoms with Crippen LogP contribution in [0.5, 0.6) is 0 Å². The lowest BCUT2D eigenvalue weighted by atomic mass is 10.0. The summed E-state index contributed by atoms with van der Waals surface area (Å²) in [6.07, 6.45) is 6.88. The SMILES string of the molecule is CCc1cc(Br)cc2c(Cl)c3c(nc12)CCCCC3. The van der Waals surface area contributed by atoms with Gasteiger partial charge in [-0.3, -0.25) is 4.98 Å². The molecule has 0 N–H and O–H groups in total. The Morgan fingerprint density at radius 2 is 2.00 bits per heavy atom. The second-order valence-electron chi connectivity index (χ2n) is 5.23. The first-order valence-electron chi connectivity index (χ1n) is 7.00. The molecule has 1 nitrogen and oxygen atoms in total. The smallest absolute Gasteiger partial charge is 0.0753 e. The predicted molar refractivity (Wildman–Crippen MR) is 85.1 cm³/mol. The Kier molecular flexibility index (Phi) is 3.81. The van der Waals surface area contributed by atoms with E-state index in [4.69, 9.17) is 16.6 Å². The number of hydrogen-bond donors (Lipinski definition) is 0. The van der Waals surface area contributed by atoms with Crippen molar-refractivity contribution >= 4 is 38.4 Å². The molecule has 1 aliphatic carbocycles. The van der Waals surface area contributed by atoms with Gasteiger partial charge in [0, 0.05) is 15.6 Å². The van der Waals surface area contributed by atoms with E-state index >= 15 is 0 Å². The van der Waals surface area contributed by atoms with Crippen LogP contribution in [0.15, 0.2) is 16.6 Å². The lowest BCUT2D eigenvalue weighted by molar-refractivity contribution is 0.709. The summed E-state index contributed by atoms with van der Waals surface area (Å²) in [5.41, 5.74) is 4.88. The van der Waals surface area contributed by atoms with Crippen LogP contribution in [0.3, 0.4) is 0 Å². The van der Waals surface area contributed by atoms with Gasteiger partial charge in [0.15, 0.2) is 0 Å². The molecule has 0 saturated carbocycles. The number of fused-ring (bicyclic) bond motifs is 2. The van der Waals surface area contributed by atoms with Gasteiger partial charge in [0.2, 0.25) is 0 Å². The van der Waals surface area contributed by atoms with Crippen LogP contribution in [0.2, 0.25) is 5.02 Å². The second-order valence-corrected chi connectivity index (χ2v) is 6.52. The second kappa shape index (κ2) is 5.41. The summed E-state index contributed by atoms with van der Waals surface area (Å²) in [6.45, 7) is 2.17. The highest BCUT2D eigenvalue weighted by molar-refractivity contribution is 9.10. The molecule has 19 heavy (non-hydrogen) atoms. The summed E-state index contributed by atoms with van der Waals surface area (Å²) < 4.78 is 1.09. The standard InChI is InChI=1S/C16H17BrClN/c1-2-10-8-11(17)9-13-15(18)12-6-4-3-5-7-14(12)19-16(10)13/h8-9H,2-7H2,1H3. The van der Waals surface area contributed by atoms with Gasteiger partial charge in [-0.05, 0) is 55.4 Å². The number of pyridine rings is 1. The minimum Gasteiger partial charge on any atom is -0.252 e. The van der Waals surface area contributed by atoms with Gasteiger partial charge in [0.25, 0.3) is 0 Å². The van der Waals surface area contributed by atoms with E-state index in [-0.39, 0.29) is 0 Å². The van der Waals surface area contributed by atoms with Crippen molar-refractivity contribution in [2.24, 2.45) is 0 Å². The highest BCUT2D eigenvalue weighted by atomic mass is 79.9. The Balaban J connectivity index is 2.33. The zero-order chi connectivity index (χ0) is 13.4. The van der Waals surface area contributed by atoms with Gasteiger partial charge < -0.3 is 0 Å². The van der Waals surface area contributed by atoms with E-state index in [2.05, 4.69) is 35.0 Å². The van der Waals surface area contributed by atoms with E-state index in [0.717, 1.165) is 39.7 Å². The van der Waals surface area contributed by atoms with Gasteiger partial charge in [-0.25, -0.2) is 0 Å². The fraction of sp³-hybridized carbons (Fsp3) is 0.438. The first kappa shape index (κ1) is 13.4. The summed E-state index contributed by atoms with van der Waals surface area (Å²) in [6, 6.07) is 4.27. The lowest BCUT2D eigenvalue weighted by Gasteiger charge is -2.13. The topological polar surface area (TPSA) is 12.9 Å². The van der Waals surface area contributed by atoms with Crippen LogP contribution < -0.4 is 0 Å². The van der Waals surface area contributed by atoms with Crippen molar-refractivity contribution < 1.29 is 0 Å². The Morgan fingerprint density at radius 1 is 1.21 bits per heavy atom. The molecule has 0 atom stereocenters. The van der Waals surface area contributed by atoms with Crippen LogP contribution >= 0.6 is 27.5 Å². The third kappa shape index (κ3) is 2.41. The number of nitrogens with zero attached hydrogens (tertiary/aromatic N) is 1. The molecule has 0 fully saturated rings. The molecule has 0 amide bonds. The van der Waals surface area contributed by atoms with Gasteiger partial charge in [0.1, 0.15) is 0 Å². The number of hydrogen-bond acceptors (Lipinski definition) is 1. The zero-order valence-electron chi connectivity index (χ0n) is 11.1. The molecular formula is C16H17BrClN. The Hall–Kier alpha value is -0.600. The third-order valence-corrected chi connectivity index (χ3v) is 4.86. The highest BCUT2D eigenvalue weighted by Crippen LogP contribution is 2.35. The molecular weight excluding hydrogens is 322 g/mol. The molecule has 0 saturated heterocycles. The van der Waals surface area contributed by atoms with Crippen LogP contribution in [0, 0.1) is 0 Å².